The normalized spacial score (nSPS) is 15.5. The molecule has 0 saturated heterocycles. The molecule has 2 rings (SSSR count). The molecule has 1 aromatic rings. The van der Waals surface area contributed by atoms with Gasteiger partial charge >= 0.3 is 0 Å². The van der Waals surface area contributed by atoms with Crippen molar-refractivity contribution < 1.29 is 4.74 Å². The van der Waals surface area contributed by atoms with E-state index in [4.69, 9.17) is 10.5 Å². The van der Waals surface area contributed by atoms with E-state index >= 15 is 0 Å². The molecule has 0 aromatic carbocycles. The second-order valence-electron chi connectivity index (χ2n) is 3.76. The molecule has 1 aliphatic carbocycles. The van der Waals surface area contributed by atoms with E-state index in [9.17, 15) is 0 Å². The topological polar surface area (TPSA) is 61.0 Å². The highest BCUT2D eigenvalue weighted by molar-refractivity contribution is 5.32. The van der Waals surface area contributed by atoms with Crippen molar-refractivity contribution >= 4 is 5.82 Å². The van der Waals surface area contributed by atoms with Crippen LogP contribution in [0.4, 0.5) is 5.82 Å². The minimum Gasteiger partial charge on any atom is -0.478 e. The molecule has 1 aromatic heterocycles. The Morgan fingerprint density at radius 2 is 2.29 bits per heavy atom. The van der Waals surface area contributed by atoms with Crippen molar-refractivity contribution in [2.24, 2.45) is 5.92 Å². The van der Waals surface area contributed by atoms with Gasteiger partial charge in [0, 0.05) is 6.07 Å². The van der Waals surface area contributed by atoms with Crippen LogP contribution in [0.1, 0.15) is 25.1 Å². The molecule has 1 saturated carbocycles. The maximum atomic E-state index is 5.57. The number of nitrogens with zero attached hydrogens (tertiary/aromatic N) is 2. The van der Waals surface area contributed by atoms with E-state index in [0.29, 0.717) is 17.5 Å². The Morgan fingerprint density at radius 1 is 1.50 bits per heavy atom. The van der Waals surface area contributed by atoms with E-state index in [1.165, 1.54) is 12.8 Å². The van der Waals surface area contributed by atoms with Crippen LogP contribution in [0.2, 0.25) is 0 Å². The fourth-order valence-electron chi connectivity index (χ4n) is 1.37. The Hall–Kier alpha value is -1.32. The number of rotatable bonds is 4. The third-order valence-corrected chi connectivity index (χ3v) is 2.31. The first-order valence-corrected chi connectivity index (χ1v) is 4.98. The lowest BCUT2D eigenvalue weighted by Gasteiger charge is -2.05. The summed E-state index contributed by atoms with van der Waals surface area (Å²) in [6.07, 6.45) is 3.84. The van der Waals surface area contributed by atoms with Gasteiger partial charge in [-0.1, -0.05) is 12.8 Å². The number of anilines is 1. The molecule has 0 radical (unpaired) electrons. The molecule has 2 N–H and O–H groups in total. The summed E-state index contributed by atoms with van der Waals surface area (Å²) < 4.78 is 5.49. The number of nitrogen functional groups attached to an aromatic ring is 1. The van der Waals surface area contributed by atoms with Gasteiger partial charge in [-0.05, 0) is 19.3 Å². The Bertz CT molecular complexity index is 303. The zero-order chi connectivity index (χ0) is 9.97. The maximum absolute atomic E-state index is 5.57. The van der Waals surface area contributed by atoms with Crippen LogP contribution in [0.25, 0.3) is 0 Å². The van der Waals surface area contributed by atoms with Crippen molar-refractivity contribution in [1.29, 1.82) is 0 Å². The van der Waals surface area contributed by atoms with Crippen molar-refractivity contribution in [3.8, 4) is 5.88 Å². The van der Waals surface area contributed by atoms with E-state index in [-0.39, 0.29) is 0 Å². The number of aromatic nitrogens is 2. The molecule has 4 nitrogen and oxygen atoms in total. The zero-order valence-electron chi connectivity index (χ0n) is 8.36. The number of nitrogens with two attached hydrogens (primary N) is 1. The van der Waals surface area contributed by atoms with Crippen LogP contribution in [0.5, 0.6) is 5.88 Å². The van der Waals surface area contributed by atoms with Crippen LogP contribution in [-0.4, -0.2) is 16.6 Å². The minimum absolute atomic E-state index is 0.471. The SMILES string of the molecule is Cc1nc(N)cc(OCCC2CC2)n1. The first-order chi connectivity index (χ1) is 6.74. The predicted octanol–water partition coefficient (Wildman–Crippen LogP) is 1.55. The highest BCUT2D eigenvalue weighted by Gasteiger charge is 2.20. The molecular formula is C10H15N3O. The van der Waals surface area contributed by atoms with Gasteiger partial charge in [-0.2, -0.15) is 4.98 Å². The molecule has 0 atom stereocenters. The molecule has 0 amide bonds. The third-order valence-electron chi connectivity index (χ3n) is 2.31. The average molecular weight is 193 g/mol. The summed E-state index contributed by atoms with van der Waals surface area (Å²) >= 11 is 0. The fraction of sp³-hybridized carbons (Fsp3) is 0.600. The van der Waals surface area contributed by atoms with Gasteiger partial charge in [0.25, 0.3) is 0 Å². The van der Waals surface area contributed by atoms with Crippen molar-refractivity contribution in [2.45, 2.75) is 26.2 Å². The summed E-state index contributed by atoms with van der Waals surface area (Å²) in [5, 5.41) is 0. The van der Waals surface area contributed by atoms with Crippen molar-refractivity contribution in [2.75, 3.05) is 12.3 Å². The lowest BCUT2D eigenvalue weighted by molar-refractivity contribution is 0.290. The monoisotopic (exact) mass is 193 g/mol. The van der Waals surface area contributed by atoms with Gasteiger partial charge in [0.2, 0.25) is 5.88 Å². The first-order valence-electron chi connectivity index (χ1n) is 4.98. The van der Waals surface area contributed by atoms with Crippen molar-refractivity contribution in [1.82, 2.24) is 9.97 Å². The standard InChI is InChI=1S/C10H15N3O/c1-7-12-9(11)6-10(13-7)14-5-4-8-2-3-8/h6,8H,2-5H2,1H3,(H2,11,12,13). The van der Waals surface area contributed by atoms with Crippen LogP contribution >= 0.6 is 0 Å². The number of hydrogen-bond acceptors (Lipinski definition) is 4. The second-order valence-corrected chi connectivity index (χ2v) is 3.76. The molecular weight excluding hydrogens is 178 g/mol. The predicted molar refractivity (Wildman–Crippen MR) is 54.0 cm³/mol. The molecule has 4 heteroatoms. The Morgan fingerprint density at radius 3 is 2.93 bits per heavy atom. The number of ether oxygens (including phenoxy) is 1. The summed E-state index contributed by atoms with van der Waals surface area (Å²) in [6.45, 7) is 2.55. The van der Waals surface area contributed by atoms with Gasteiger partial charge in [-0.15, -0.1) is 0 Å². The van der Waals surface area contributed by atoms with Crippen LogP contribution in [-0.2, 0) is 0 Å². The molecule has 0 bridgehead atoms. The van der Waals surface area contributed by atoms with Crippen LogP contribution in [0, 0.1) is 12.8 Å². The molecule has 1 fully saturated rings. The van der Waals surface area contributed by atoms with E-state index in [2.05, 4.69) is 9.97 Å². The molecule has 76 valence electrons. The third kappa shape index (κ3) is 2.58. The highest BCUT2D eigenvalue weighted by atomic mass is 16.5. The Kier molecular flexibility index (Phi) is 2.52. The van der Waals surface area contributed by atoms with Crippen LogP contribution in [0.3, 0.4) is 0 Å². The molecule has 1 heterocycles. The first kappa shape index (κ1) is 9.24. The van der Waals surface area contributed by atoms with E-state index < -0.39 is 0 Å². The number of hydrogen-bond donors (Lipinski definition) is 1. The van der Waals surface area contributed by atoms with Gasteiger partial charge in [-0.25, -0.2) is 4.98 Å². The summed E-state index contributed by atoms with van der Waals surface area (Å²) in [5.41, 5.74) is 5.57. The van der Waals surface area contributed by atoms with Crippen LogP contribution in [0.15, 0.2) is 6.07 Å². The highest BCUT2D eigenvalue weighted by Crippen LogP contribution is 2.32. The Labute approximate surface area is 83.5 Å². The second kappa shape index (κ2) is 3.82. The molecule has 0 spiro atoms. The van der Waals surface area contributed by atoms with E-state index in [1.54, 1.807) is 6.07 Å². The van der Waals surface area contributed by atoms with Crippen molar-refractivity contribution in [3.05, 3.63) is 11.9 Å². The summed E-state index contributed by atoms with van der Waals surface area (Å²) in [6, 6.07) is 1.67. The van der Waals surface area contributed by atoms with E-state index in [0.717, 1.165) is 18.9 Å². The van der Waals surface area contributed by atoms with Gasteiger partial charge in [-0.3, -0.25) is 0 Å². The Balaban J connectivity index is 1.87. The summed E-state index contributed by atoms with van der Waals surface area (Å²) in [5.74, 6) is 2.61. The lowest BCUT2D eigenvalue weighted by Crippen LogP contribution is -2.03. The van der Waals surface area contributed by atoms with Gasteiger partial charge < -0.3 is 10.5 Å². The summed E-state index contributed by atoms with van der Waals surface area (Å²) in [4.78, 5) is 8.11. The average Bonchev–Trinajstić information content (AvgIpc) is 2.86. The van der Waals surface area contributed by atoms with Crippen LogP contribution < -0.4 is 10.5 Å². The zero-order valence-corrected chi connectivity index (χ0v) is 8.36. The number of aryl methyl sites for hydroxylation is 1. The molecule has 14 heavy (non-hydrogen) atoms. The quantitative estimate of drug-likeness (QED) is 0.788. The lowest BCUT2D eigenvalue weighted by atomic mass is 10.3. The van der Waals surface area contributed by atoms with Crippen molar-refractivity contribution in [3.63, 3.8) is 0 Å². The van der Waals surface area contributed by atoms with Gasteiger partial charge in [0.05, 0.1) is 6.61 Å². The smallest absolute Gasteiger partial charge is 0.218 e. The fourth-order valence-corrected chi connectivity index (χ4v) is 1.37. The largest absolute Gasteiger partial charge is 0.478 e. The molecule has 0 aliphatic heterocycles. The van der Waals surface area contributed by atoms with Gasteiger partial charge in [0.1, 0.15) is 11.6 Å². The maximum Gasteiger partial charge on any atom is 0.218 e. The van der Waals surface area contributed by atoms with Gasteiger partial charge in [0.15, 0.2) is 0 Å². The molecule has 1 aliphatic rings. The minimum atomic E-state index is 0.471. The molecule has 0 unspecified atom stereocenters. The summed E-state index contributed by atoms with van der Waals surface area (Å²) in [7, 11) is 0. The van der Waals surface area contributed by atoms with E-state index in [1.807, 2.05) is 6.92 Å².